The highest BCUT2D eigenvalue weighted by Gasteiger charge is 2.24. The molecule has 0 atom stereocenters. The third-order valence-electron chi connectivity index (χ3n) is 6.16. The van der Waals surface area contributed by atoms with Gasteiger partial charge in [0.05, 0.1) is 17.6 Å². The van der Waals surface area contributed by atoms with Crippen molar-refractivity contribution in [3.63, 3.8) is 0 Å². The van der Waals surface area contributed by atoms with Gasteiger partial charge >= 0.3 is 0 Å². The minimum absolute atomic E-state index is 0.0443. The van der Waals surface area contributed by atoms with Crippen LogP contribution in [0.4, 0.5) is 5.69 Å². The molecule has 0 bridgehead atoms. The first kappa shape index (κ1) is 20.5. The average molecular weight is 456 g/mol. The molecule has 2 saturated carbocycles. The molecule has 34 heavy (non-hydrogen) atoms. The molecule has 0 spiro atoms. The smallest absolute Gasteiger partial charge is 0.251 e. The van der Waals surface area contributed by atoms with Crippen LogP contribution in [0.5, 0.6) is 17.4 Å². The number of hydrogen-bond acceptors (Lipinski definition) is 6. The number of para-hydroxylation sites is 2. The van der Waals surface area contributed by atoms with Gasteiger partial charge in [0.15, 0.2) is 17.1 Å². The number of aromatic hydroxyl groups is 1. The molecule has 2 aliphatic rings. The molecule has 2 aromatic heterocycles. The van der Waals surface area contributed by atoms with Gasteiger partial charge in [-0.25, -0.2) is 9.50 Å². The summed E-state index contributed by atoms with van der Waals surface area (Å²) in [7, 11) is 0. The summed E-state index contributed by atoms with van der Waals surface area (Å²) in [5.41, 5.74) is 3.81. The fourth-order valence-electron chi connectivity index (χ4n) is 3.84. The molecule has 2 aromatic carbocycles. The molecular formula is C26H25N5O3. The average Bonchev–Trinajstić information content (AvgIpc) is 3.78. The van der Waals surface area contributed by atoms with Crippen molar-refractivity contribution >= 4 is 17.2 Å². The lowest BCUT2D eigenvalue weighted by Gasteiger charge is -2.12. The number of nitrogens with zero attached hydrogens (tertiary/aromatic N) is 3. The van der Waals surface area contributed by atoms with Gasteiger partial charge in [-0.05, 0) is 55.9 Å². The van der Waals surface area contributed by atoms with Crippen LogP contribution in [0.25, 0.3) is 16.9 Å². The zero-order valence-electron chi connectivity index (χ0n) is 18.6. The zero-order valence-corrected chi connectivity index (χ0v) is 18.6. The minimum atomic E-state index is -0.0461. The standard InChI is InChI=1S/C26H25N5O3/c32-22-3-1-2-4-23(22)34-24-13-20(27-14-16-5-6-16)25-28-15-21(31(25)30-24)17-7-9-18(10-8-17)26(33)29-19-11-12-19/h1-4,7-10,13,15-16,19,27,32H,5-6,11-12,14H2,(H,29,33). The van der Waals surface area contributed by atoms with Crippen molar-refractivity contribution in [3.8, 4) is 28.6 Å². The molecule has 2 aliphatic carbocycles. The van der Waals surface area contributed by atoms with E-state index in [0.717, 1.165) is 36.3 Å². The van der Waals surface area contributed by atoms with Crippen molar-refractivity contribution in [1.29, 1.82) is 0 Å². The molecule has 0 radical (unpaired) electrons. The van der Waals surface area contributed by atoms with Crippen LogP contribution < -0.4 is 15.4 Å². The molecule has 0 aliphatic heterocycles. The third-order valence-corrected chi connectivity index (χ3v) is 6.16. The maximum absolute atomic E-state index is 12.3. The molecule has 4 aromatic rings. The first-order valence-electron chi connectivity index (χ1n) is 11.6. The number of anilines is 1. The molecular weight excluding hydrogens is 430 g/mol. The summed E-state index contributed by atoms with van der Waals surface area (Å²) in [6.07, 6.45) is 6.35. The topological polar surface area (TPSA) is 101 Å². The fraction of sp³-hybridized carbons (Fsp3) is 0.269. The molecule has 6 rings (SSSR count). The second-order valence-corrected chi connectivity index (χ2v) is 8.99. The van der Waals surface area contributed by atoms with Crippen LogP contribution in [-0.4, -0.2) is 38.2 Å². The number of imidazole rings is 1. The van der Waals surface area contributed by atoms with Crippen LogP contribution in [-0.2, 0) is 0 Å². The Morgan fingerprint density at radius 1 is 1.09 bits per heavy atom. The predicted molar refractivity (Wildman–Crippen MR) is 128 cm³/mol. The lowest BCUT2D eigenvalue weighted by molar-refractivity contribution is 0.0951. The Bertz CT molecular complexity index is 1360. The van der Waals surface area contributed by atoms with Gasteiger partial charge in [0, 0.05) is 29.8 Å². The Hall–Kier alpha value is -4.07. The lowest BCUT2D eigenvalue weighted by atomic mass is 10.1. The maximum atomic E-state index is 12.3. The molecule has 8 nitrogen and oxygen atoms in total. The van der Waals surface area contributed by atoms with Crippen molar-refractivity contribution < 1.29 is 14.6 Å². The number of phenolic OH excluding ortho intramolecular Hbond substituents is 1. The number of phenols is 1. The van der Waals surface area contributed by atoms with E-state index < -0.39 is 0 Å². The van der Waals surface area contributed by atoms with E-state index in [1.54, 1.807) is 35.0 Å². The zero-order chi connectivity index (χ0) is 23.1. The van der Waals surface area contributed by atoms with Crippen LogP contribution in [0.1, 0.15) is 36.0 Å². The SMILES string of the molecule is O=C(NC1CC1)c1ccc(-c2cnc3c(NCC4CC4)cc(Oc4ccccc4O)nn23)cc1. The normalized spacial score (nSPS) is 15.3. The summed E-state index contributed by atoms with van der Waals surface area (Å²) >= 11 is 0. The molecule has 0 saturated heterocycles. The van der Waals surface area contributed by atoms with Gasteiger partial charge in [-0.1, -0.05) is 24.3 Å². The second-order valence-electron chi connectivity index (χ2n) is 8.99. The maximum Gasteiger partial charge on any atom is 0.251 e. The van der Waals surface area contributed by atoms with Gasteiger partial charge in [0.25, 0.3) is 5.91 Å². The highest BCUT2D eigenvalue weighted by atomic mass is 16.5. The van der Waals surface area contributed by atoms with Gasteiger partial charge < -0.3 is 20.5 Å². The Labute approximate surface area is 196 Å². The molecule has 1 amide bonds. The quantitative estimate of drug-likeness (QED) is 0.359. The molecule has 172 valence electrons. The monoisotopic (exact) mass is 455 g/mol. The number of benzene rings is 2. The van der Waals surface area contributed by atoms with Crippen molar-refractivity contribution in [3.05, 3.63) is 66.4 Å². The number of aromatic nitrogens is 3. The van der Waals surface area contributed by atoms with Crippen LogP contribution in [0.3, 0.4) is 0 Å². The van der Waals surface area contributed by atoms with Gasteiger partial charge in [-0.3, -0.25) is 4.79 Å². The van der Waals surface area contributed by atoms with E-state index >= 15 is 0 Å². The highest BCUT2D eigenvalue weighted by molar-refractivity contribution is 5.95. The number of carbonyl (C=O) groups is 1. The van der Waals surface area contributed by atoms with Gasteiger partial charge in [-0.2, -0.15) is 0 Å². The number of carbonyl (C=O) groups excluding carboxylic acids is 1. The number of nitrogens with one attached hydrogen (secondary N) is 2. The molecule has 3 N–H and O–H groups in total. The van der Waals surface area contributed by atoms with Crippen molar-refractivity contribution in [1.82, 2.24) is 19.9 Å². The Morgan fingerprint density at radius 3 is 2.62 bits per heavy atom. The number of amides is 1. The van der Waals surface area contributed by atoms with E-state index in [1.165, 1.54) is 12.8 Å². The van der Waals surface area contributed by atoms with Gasteiger partial charge in [0.1, 0.15) is 0 Å². The fourth-order valence-corrected chi connectivity index (χ4v) is 3.84. The number of ether oxygens (including phenoxy) is 1. The van der Waals surface area contributed by atoms with E-state index in [9.17, 15) is 9.90 Å². The largest absolute Gasteiger partial charge is 0.504 e. The number of rotatable bonds is 8. The Balaban J connectivity index is 1.35. The molecule has 2 fully saturated rings. The molecule has 2 heterocycles. The summed E-state index contributed by atoms with van der Waals surface area (Å²) in [6, 6.07) is 16.4. The van der Waals surface area contributed by atoms with Crippen LogP contribution in [0, 0.1) is 5.92 Å². The van der Waals surface area contributed by atoms with E-state index in [4.69, 9.17) is 4.74 Å². The van der Waals surface area contributed by atoms with Gasteiger partial charge in [0.2, 0.25) is 5.88 Å². The van der Waals surface area contributed by atoms with E-state index in [1.807, 2.05) is 30.3 Å². The Kier molecular flexibility index (Phi) is 5.05. The molecule has 8 heteroatoms. The van der Waals surface area contributed by atoms with Crippen LogP contribution >= 0.6 is 0 Å². The van der Waals surface area contributed by atoms with Gasteiger partial charge in [-0.15, -0.1) is 5.10 Å². The predicted octanol–water partition coefficient (Wildman–Crippen LogP) is 4.61. The summed E-state index contributed by atoms with van der Waals surface area (Å²) in [5, 5.41) is 21.3. The van der Waals surface area contributed by atoms with E-state index in [2.05, 4.69) is 20.7 Å². The van der Waals surface area contributed by atoms with Crippen molar-refractivity contribution in [2.75, 3.05) is 11.9 Å². The first-order valence-corrected chi connectivity index (χ1v) is 11.6. The number of hydrogen-bond donors (Lipinski definition) is 3. The highest BCUT2D eigenvalue weighted by Crippen LogP contribution is 2.34. The van der Waals surface area contributed by atoms with E-state index in [0.29, 0.717) is 34.8 Å². The lowest BCUT2D eigenvalue weighted by Crippen LogP contribution is -2.25. The van der Waals surface area contributed by atoms with Crippen LogP contribution in [0.2, 0.25) is 0 Å². The van der Waals surface area contributed by atoms with Crippen LogP contribution in [0.15, 0.2) is 60.8 Å². The van der Waals surface area contributed by atoms with Crippen molar-refractivity contribution in [2.45, 2.75) is 31.7 Å². The number of fused-ring (bicyclic) bond motifs is 1. The summed E-state index contributed by atoms with van der Waals surface area (Å²) < 4.78 is 7.67. The minimum Gasteiger partial charge on any atom is -0.504 e. The third kappa shape index (κ3) is 4.26. The molecule has 0 unspecified atom stereocenters. The summed E-state index contributed by atoms with van der Waals surface area (Å²) in [5.74, 6) is 1.35. The first-order chi connectivity index (χ1) is 16.6. The van der Waals surface area contributed by atoms with Crippen molar-refractivity contribution in [2.24, 2.45) is 5.92 Å². The Morgan fingerprint density at radius 2 is 1.88 bits per heavy atom. The van der Waals surface area contributed by atoms with E-state index in [-0.39, 0.29) is 11.7 Å². The second kappa shape index (κ2) is 8.37. The summed E-state index contributed by atoms with van der Waals surface area (Å²) in [4.78, 5) is 17.0. The summed E-state index contributed by atoms with van der Waals surface area (Å²) in [6.45, 7) is 0.864.